The van der Waals surface area contributed by atoms with Crippen molar-refractivity contribution in [3.05, 3.63) is 12.7 Å². The summed E-state index contributed by atoms with van der Waals surface area (Å²) in [5.74, 6) is -34.4. The molecule has 3 atom stereocenters. The normalized spacial score (nSPS) is 28.9. The Morgan fingerprint density at radius 1 is 0.710 bits per heavy atom. The number of fused-ring (bicyclic) bond motifs is 2. The van der Waals surface area contributed by atoms with Gasteiger partial charge in [0, 0.05) is 5.92 Å². The molecule has 0 heterocycles. The van der Waals surface area contributed by atoms with Crippen molar-refractivity contribution < 1.29 is 66.6 Å². The van der Waals surface area contributed by atoms with Crippen LogP contribution in [-0.2, 0) is 0 Å². The molecule has 0 aliphatic heterocycles. The highest BCUT2D eigenvalue weighted by molar-refractivity contribution is 5.25. The molecule has 2 aliphatic carbocycles. The SMILES string of the molecule is C=CC12CCC(CC1C(O)(C(F)(F)C(F)(F)C(F)(F)F)C(F)(F)C(F)(F)C(F)(F)F)C2. The molecule has 0 saturated heterocycles. The van der Waals surface area contributed by atoms with E-state index in [1.807, 2.05) is 0 Å². The van der Waals surface area contributed by atoms with E-state index in [1.54, 1.807) is 0 Å². The van der Waals surface area contributed by atoms with Gasteiger partial charge in [-0.1, -0.05) is 6.08 Å². The monoisotopic (exact) mass is 488 g/mol. The van der Waals surface area contributed by atoms with E-state index in [2.05, 4.69) is 6.58 Å². The van der Waals surface area contributed by atoms with Gasteiger partial charge in [0.05, 0.1) is 0 Å². The summed E-state index contributed by atoms with van der Waals surface area (Å²) in [6.45, 7) is 3.04. The van der Waals surface area contributed by atoms with Crippen LogP contribution in [0.25, 0.3) is 0 Å². The van der Waals surface area contributed by atoms with Crippen molar-refractivity contribution in [2.45, 2.75) is 67.3 Å². The summed E-state index contributed by atoms with van der Waals surface area (Å²) in [6.07, 6.45) is -16.5. The Labute approximate surface area is 165 Å². The zero-order valence-electron chi connectivity index (χ0n) is 15.0. The molecule has 0 aromatic rings. The molecule has 0 aromatic carbocycles. The maximum Gasteiger partial charge on any atom is 0.459 e. The zero-order valence-corrected chi connectivity index (χ0v) is 15.0. The van der Waals surface area contributed by atoms with Gasteiger partial charge in [0.15, 0.2) is 0 Å². The van der Waals surface area contributed by atoms with Gasteiger partial charge in [-0.2, -0.15) is 61.5 Å². The lowest BCUT2D eigenvalue weighted by Gasteiger charge is -2.53. The lowest BCUT2D eigenvalue weighted by molar-refractivity contribution is -0.461. The molecule has 1 N–H and O–H groups in total. The number of aliphatic hydroxyl groups is 1. The Hall–Kier alpha value is -1.28. The van der Waals surface area contributed by atoms with Crippen LogP contribution in [-0.4, -0.2) is 46.8 Å². The molecule has 2 aliphatic rings. The number of hydrogen-bond acceptors (Lipinski definition) is 1. The van der Waals surface area contributed by atoms with Crippen LogP contribution >= 0.6 is 0 Å². The second-order valence-electron chi connectivity index (χ2n) is 7.89. The molecule has 1 nitrogen and oxygen atoms in total. The van der Waals surface area contributed by atoms with Crippen molar-refractivity contribution in [3.63, 3.8) is 0 Å². The van der Waals surface area contributed by atoms with Gasteiger partial charge in [-0.3, -0.25) is 0 Å². The predicted molar refractivity (Wildman–Crippen MR) is 74.9 cm³/mol. The first kappa shape index (κ1) is 26.0. The standard InChI is InChI=1S/C16H14F14O/c1-2-9-4-3-7(6-9)5-8(9)10(31,11(17,18)13(21,22)15(25,26)27)12(19,20)14(23,24)16(28,29)30/h2,7-8,31H,1,3-6H2. The van der Waals surface area contributed by atoms with Crippen molar-refractivity contribution in [1.29, 1.82) is 0 Å². The minimum absolute atomic E-state index is 0.0128. The summed E-state index contributed by atoms with van der Waals surface area (Å²) in [7, 11) is 0. The van der Waals surface area contributed by atoms with Crippen LogP contribution in [0, 0.1) is 17.3 Å². The molecule has 2 saturated carbocycles. The fourth-order valence-electron chi connectivity index (χ4n) is 4.68. The maximum absolute atomic E-state index is 14.5. The summed E-state index contributed by atoms with van der Waals surface area (Å²) < 4.78 is 188. The van der Waals surface area contributed by atoms with Crippen molar-refractivity contribution in [3.8, 4) is 0 Å². The lowest BCUT2D eigenvalue weighted by atomic mass is 9.60. The average molecular weight is 488 g/mol. The van der Waals surface area contributed by atoms with Crippen LogP contribution in [0.1, 0.15) is 25.7 Å². The van der Waals surface area contributed by atoms with Gasteiger partial charge in [0.2, 0.25) is 5.60 Å². The number of allylic oxidation sites excluding steroid dienone is 1. The van der Waals surface area contributed by atoms with Gasteiger partial charge in [0.1, 0.15) is 0 Å². The fourth-order valence-corrected chi connectivity index (χ4v) is 4.68. The minimum Gasteiger partial charge on any atom is -0.377 e. The number of alkyl halides is 14. The smallest absolute Gasteiger partial charge is 0.377 e. The highest BCUT2D eigenvalue weighted by Crippen LogP contribution is 2.70. The quantitative estimate of drug-likeness (QED) is 0.340. The predicted octanol–water partition coefficient (Wildman–Crippen LogP) is 6.38. The summed E-state index contributed by atoms with van der Waals surface area (Å²) in [5, 5.41) is 10.1. The zero-order chi connectivity index (χ0) is 24.7. The van der Waals surface area contributed by atoms with E-state index in [1.165, 1.54) is 0 Å². The third-order valence-electron chi connectivity index (χ3n) is 6.32. The highest BCUT2D eigenvalue weighted by Gasteiger charge is 2.93. The van der Waals surface area contributed by atoms with Crippen molar-refractivity contribution >= 4 is 0 Å². The van der Waals surface area contributed by atoms with Crippen LogP contribution in [0.5, 0.6) is 0 Å². The molecule has 0 amide bonds. The van der Waals surface area contributed by atoms with Gasteiger partial charge in [0.25, 0.3) is 0 Å². The van der Waals surface area contributed by atoms with Gasteiger partial charge in [-0.15, -0.1) is 6.58 Å². The van der Waals surface area contributed by atoms with E-state index in [-0.39, 0.29) is 6.42 Å². The Bertz CT molecular complexity index is 683. The molecule has 0 spiro atoms. The molecule has 31 heavy (non-hydrogen) atoms. The number of hydrogen-bond donors (Lipinski definition) is 1. The largest absolute Gasteiger partial charge is 0.459 e. The van der Waals surface area contributed by atoms with E-state index in [9.17, 15) is 66.6 Å². The van der Waals surface area contributed by atoms with Crippen molar-refractivity contribution in [1.82, 2.24) is 0 Å². The molecular weight excluding hydrogens is 474 g/mol. The average Bonchev–Trinajstić information content (AvgIpc) is 3.17. The van der Waals surface area contributed by atoms with Crippen LogP contribution in [0.2, 0.25) is 0 Å². The third-order valence-corrected chi connectivity index (χ3v) is 6.32. The van der Waals surface area contributed by atoms with Gasteiger partial charge in [-0.05, 0) is 37.0 Å². The number of rotatable bonds is 6. The molecule has 182 valence electrons. The van der Waals surface area contributed by atoms with Gasteiger partial charge >= 0.3 is 36.0 Å². The van der Waals surface area contributed by atoms with Crippen LogP contribution in [0.3, 0.4) is 0 Å². The summed E-state index contributed by atoms with van der Waals surface area (Å²) in [6, 6.07) is 0. The molecule has 0 aromatic heterocycles. The van der Waals surface area contributed by atoms with Crippen molar-refractivity contribution in [2.75, 3.05) is 0 Å². The first-order chi connectivity index (χ1) is 13.5. The highest BCUT2D eigenvalue weighted by atomic mass is 19.4. The van der Waals surface area contributed by atoms with Crippen LogP contribution < -0.4 is 0 Å². The second kappa shape index (κ2) is 6.62. The second-order valence-corrected chi connectivity index (χ2v) is 7.89. The molecule has 2 bridgehead atoms. The topological polar surface area (TPSA) is 20.2 Å². The lowest BCUT2D eigenvalue weighted by Crippen LogP contribution is -2.79. The molecule has 2 rings (SSSR count). The van der Waals surface area contributed by atoms with E-state index in [0.29, 0.717) is 6.08 Å². The summed E-state index contributed by atoms with van der Waals surface area (Å²) in [4.78, 5) is 0. The third kappa shape index (κ3) is 3.00. The first-order valence-corrected chi connectivity index (χ1v) is 8.48. The molecule has 3 unspecified atom stereocenters. The van der Waals surface area contributed by atoms with E-state index < -0.39 is 78.2 Å². The van der Waals surface area contributed by atoms with E-state index in [4.69, 9.17) is 0 Å². The molecule has 2 fully saturated rings. The van der Waals surface area contributed by atoms with Gasteiger partial charge < -0.3 is 5.11 Å². The van der Waals surface area contributed by atoms with Gasteiger partial charge in [-0.25, -0.2) is 0 Å². The van der Waals surface area contributed by atoms with Crippen LogP contribution in [0.4, 0.5) is 61.5 Å². The summed E-state index contributed by atoms with van der Waals surface area (Å²) >= 11 is 0. The minimum atomic E-state index is -7.59. The van der Waals surface area contributed by atoms with E-state index >= 15 is 0 Å². The summed E-state index contributed by atoms with van der Waals surface area (Å²) in [5.41, 5.74) is -8.75. The van der Waals surface area contributed by atoms with E-state index in [0.717, 1.165) is 0 Å². The molecule has 0 radical (unpaired) electrons. The maximum atomic E-state index is 14.5. The Morgan fingerprint density at radius 3 is 1.39 bits per heavy atom. The molecule has 15 heteroatoms. The fraction of sp³-hybridized carbons (Fsp3) is 0.875. The molecular formula is C16H14F14O. The first-order valence-electron chi connectivity index (χ1n) is 8.48. The Balaban J connectivity index is 2.89. The number of halogens is 14. The Morgan fingerprint density at radius 2 is 1.10 bits per heavy atom. The Kier molecular flexibility index (Phi) is 5.55. The van der Waals surface area contributed by atoms with Crippen molar-refractivity contribution in [2.24, 2.45) is 17.3 Å². The van der Waals surface area contributed by atoms with Crippen LogP contribution in [0.15, 0.2) is 12.7 Å².